The molecule has 0 bridgehead atoms. The molecule has 0 aliphatic heterocycles. The van der Waals surface area contributed by atoms with E-state index in [1.165, 1.54) is 5.56 Å². The Kier molecular flexibility index (Phi) is 3.84. The molecule has 0 heterocycles. The van der Waals surface area contributed by atoms with Gasteiger partial charge >= 0.3 is 33.0 Å². The summed E-state index contributed by atoms with van der Waals surface area (Å²) in [5, 5.41) is 8.84. The molecule has 0 saturated carbocycles. The molecule has 0 aromatic heterocycles. The molecule has 0 aliphatic carbocycles. The van der Waals surface area contributed by atoms with Crippen LogP contribution in [-0.2, 0) is 18.4 Å². The zero-order valence-electron chi connectivity index (χ0n) is 7.68. The summed E-state index contributed by atoms with van der Waals surface area (Å²) < 4.78 is 59.2. The van der Waals surface area contributed by atoms with Crippen LogP contribution < -0.4 is 0 Å². The van der Waals surface area contributed by atoms with Gasteiger partial charge in [-0.2, -0.15) is 0 Å². The van der Waals surface area contributed by atoms with Crippen LogP contribution in [0.2, 0.25) is 0 Å². The van der Waals surface area contributed by atoms with Gasteiger partial charge in [-0.1, -0.05) is 12.1 Å². The molecule has 0 fully saturated rings. The molecule has 9 heteroatoms. The van der Waals surface area contributed by atoms with Gasteiger partial charge in [-0.15, -0.1) is 0 Å². The van der Waals surface area contributed by atoms with Crippen molar-refractivity contribution in [3.63, 3.8) is 0 Å². The maximum atomic E-state index is 9.87. The topological polar surface area (TPSA) is 20.2 Å². The Bertz CT molecular complexity index is 332. The molecule has 0 radical (unpaired) electrons. The summed E-state index contributed by atoms with van der Waals surface area (Å²) in [4.78, 5) is 0. The third kappa shape index (κ3) is 15.8. The van der Waals surface area contributed by atoms with Crippen LogP contribution >= 0.6 is 7.81 Å². The summed E-state index contributed by atoms with van der Waals surface area (Å²) in [7, 11) is -10.7. The van der Waals surface area contributed by atoms with Crippen LogP contribution in [0.25, 0.3) is 0 Å². The van der Waals surface area contributed by atoms with Crippen LogP contribution in [0.1, 0.15) is 5.56 Å². The van der Waals surface area contributed by atoms with Crippen LogP contribution in [-0.4, -0.2) is 5.11 Å². The molecule has 0 aliphatic rings. The van der Waals surface area contributed by atoms with Gasteiger partial charge < -0.3 is 5.11 Å². The summed E-state index contributed by atoms with van der Waals surface area (Å²) >= 11 is 3.35. The molecular weight excluding hydrogens is 277 g/mol. The van der Waals surface area contributed by atoms with Gasteiger partial charge in [0.05, 0.1) is 0 Å². The SMILES string of the molecule is F[P-](F)(F)(F)(F)F.Oc1ccc(C[SH2+])cc1. The van der Waals surface area contributed by atoms with Crippen molar-refractivity contribution in [3.05, 3.63) is 29.8 Å². The zero-order chi connectivity index (χ0) is 13.1. The molecule has 1 aromatic rings. The summed E-state index contributed by atoms with van der Waals surface area (Å²) in [5.41, 5.74) is 1.17. The maximum Gasteiger partial charge on any atom is 0.128 e. The first-order valence-corrected chi connectivity index (χ1v) is 6.50. The largest absolute Gasteiger partial charge is 0.508 e. The first kappa shape index (κ1) is 15.4. The third-order valence-corrected chi connectivity index (χ3v) is 1.55. The monoisotopic (exact) mass is 286 g/mol. The Morgan fingerprint density at radius 2 is 1.25 bits per heavy atom. The number of aromatic hydroxyl groups is 1. The number of rotatable bonds is 1. The van der Waals surface area contributed by atoms with E-state index in [1.807, 2.05) is 12.1 Å². The van der Waals surface area contributed by atoms with Crippen molar-refractivity contribution in [3.8, 4) is 5.75 Å². The van der Waals surface area contributed by atoms with Gasteiger partial charge in [-0.25, -0.2) is 0 Å². The standard InChI is InChI=1S/C7H8OS.F6P/c8-7-3-1-6(5-9)2-4-7;1-7(2,3,4,5)6/h1-4,8-9H,5H2;/q;-1/p+1. The molecular formula is C7H9F6OPS. The molecule has 0 atom stereocenters. The molecule has 0 unspecified atom stereocenters. The van der Waals surface area contributed by atoms with E-state index in [4.69, 9.17) is 5.11 Å². The molecule has 0 amide bonds. The Labute approximate surface area is 92.7 Å². The van der Waals surface area contributed by atoms with Crippen molar-refractivity contribution in [2.75, 3.05) is 0 Å². The molecule has 0 saturated heterocycles. The van der Waals surface area contributed by atoms with Gasteiger partial charge in [0.1, 0.15) is 11.5 Å². The number of hydrogen-bond acceptors (Lipinski definition) is 1. The summed E-state index contributed by atoms with van der Waals surface area (Å²) in [6.07, 6.45) is 0. The number of phenols is 1. The fraction of sp³-hybridized carbons (Fsp3) is 0.143. The Balaban J connectivity index is 0.000000293. The number of halogens is 6. The van der Waals surface area contributed by atoms with Crippen molar-refractivity contribution < 1.29 is 30.3 Å². The molecule has 1 N–H and O–H groups in total. The normalized spacial score (nSPS) is 15.4. The first-order chi connectivity index (χ1) is 6.78. The third-order valence-electron chi connectivity index (χ3n) is 1.14. The maximum absolute atomic E-state index is 10.7. The minimum absolute atomic E-state index is 0.318. The smallest absolute Gasteiger partial charge is 0.128 e. The quantitative estimate of drug-likeness (QED) is 0.464. The minimum atomic E-state index is -10.7. The predicted molar refractivity (Wildman–Crippen MR) is 55.5 cm³/mol. The minimum Gasteiger partial charge on any atom is -0.508 e. The fourth-order valence-corrected chi connectivity index (χ4v) is 0.850. The number of hydrogen-bond donors (Lipinski definition) is 1. The van der Waals surface area contributed by atoms with Crippen molar-refractivity contribution in [2.24, 2.45) is 0 Å². The second kappa shape index (κ2) is 4.00. The second-order valence-corrected chi connectivity index (χ2v) is 5.07. The zero-order valence-corrected chi connectivity index (χ0v) is 9.57. The van der Waals surface area contributed by atoms with Crippen LogP contribution in [0.5, 0.6) is 5.75 Å². The van der Waals surface area contributed by atoms with E-state index in [0.717, 1.165) is 5.75 Å². The average molecular weight is 286 g/mol. The van der Waals surface area contributed by atoms with Gasteiger partial charge in [0.2, 0.25) is 0 Å². The predicted octanol–water partition coefficient (Wildman–Crippen LogP) is 4.29. The first-order valence-electron chi connectivity index (χ1n) is 3.77. The molecule has 1 aromatic carbocycles. The van der Waals surface area contributed by atoms with Crippen molar-refractivity contribution >= 4 is 20.4 Å². The van der Waals surface area contributed by atoms with Gasteiger partial charge in [-0.3, -0.25) is 0 Å². The Hall–Kier alpha value is -0.620. The van der Waals surface area contributed by atoms with Crippen molar-refractivity contribution in [2.45, 2.75) is 5.75 Å². The van der Waals surface area contributed by atoms with E-state index in [2.05, 4.69) is 12.6 Å². The number of benzene rings is 1. The van der Waals surface area contributed by atoms with Crippen molar-refractivity contribution in [1.82, 2.24) is 0 Å². The van der Waals surface area contributed by atoms with E-state index in [0.29, 0.717) is 5.75 Å². The Morgan fingerprint density at radius 3 is 1.50 bits per heavy atom. The number of phenolic OH excluding ortho intramolecular Hbond substituents is 1. The summed E-state index contributed by atoms with van der Waals surface area (Å²) in [5.74, 6) is 1.15. The van der Waals surface area contributed by atoms with Crippen LogP contribution in [0.3, 0.4) is 0 Å². The van der Waals surface area contributed by atoms with Crippen LogP contribution in [0.4, 0.5) is 25.2 Å². The second-order valence-electron chi connectivity index (χ2n) is 2.80. The van der Waals surface area contributed by atoms with E-state index in [9.17, 15) is 25.2 Å². The van der Waals surface area contributed by atoms with Crippen molar-refractivity contribution in [1.29, 1.82) is 0 Å². The van der Waals surface area contributed by atoms with E-state index in [1.54, 1.807) is 12.1 Å². The van der Waals surface area contributed by atoms with Crippen LogP contribution in [0.15, 0.2) is 24.3 Å². The molecule has 0 spiro atoms. The van der Waals surface area contributed by atoms with Gasteiger partial charge in [0.15, 0.2) is 0 Å². The van der Waals surface area contributed by atoms with Gasteiger partial charge in [0, 0.05) is 5.56 Å². The van der Waals surface area contributed by atoms with E-state index >= 15 is 0 Å². The Morgan fingerprint density at radius 1 is 0.938 bits per heavy atom. The van der Waals surface area contributed by atoms with Crippen LogP contribution in [0, 0.1) is 0 Å². The van der Waals surface area contributed by atoms with E-state index < -0.39 is 7.81 Å². The van der Waals surface area contributed by atoms with Gasteiger partial charge in [0.25, 0.3) is 0 Å². The molecule has 1 rings (SSSR count). The fourth-order valence-electron chi connectivity index (χ4n) is 0.614. The van der Waals surface area contributed by atoms with Gasteiger partial charge in [-0.05, 0) is 24.8 Å². The summed E-state index contributed by atoms with van der Waals surface area (Å²) in [6.45, 7) is 0. The van der Waals surface area contributed by atoms with E-state index in [-0.39, 0.29) is 0 Å². The molecule has 16 heavy (non-hydrogen) atoms. The average Bonchev–Trinajstić information content (AvgIpc) is 2.00. The molecule has 96 valence electrons. The molecule has 1 nitrogen and oxygen atoms in total. The summed E-state index contributed by atoms with van der Waals surface area (Å²) in [6, 6.07) is 7.11.